The van der Waals surface area contributed by atoms with Crippen LogP contribution >= 0.6 is 11.3 Å². The number of thiazole rings is 1. The van der Waals surface area contributed by atoms with Gasteiger partial charge in [-0.2, -0.15) is 0 Å². The van der Waals surface area contributed by atoms with Gasteiger partial charge in [0.25, 0.3) is 0 Å². The summed E-state index contributed by atoms with van der Waals surface area (Å²) < 4.78 is 0. The van der Waals surface area contributed by atoms with Gasteiger partial charge in [0, 0.05) is 24.0 Å². The first-order valence-corrected chi connectivity index (χ1v) is 7.89. The number of nitrogens with one attached hydrogen (secondary N) is 1. The molecule has 5 nitrogen and oxygen atoms in total. The van der Waals surface area contributed by atoms with Gasteiger partial charge in [-0.05, 0) is 27.7 Å². The van der Waals surface area contributed by atoms with Crippen molar-refractivity contribution in [3.63, 3.8) is 0 Å². The van der Waals surface area contributed by atoms with Gasteiger partial charge in [0.15, 0.2) is 0 Å². The minimum atomic E-state index is 0.0842. The Labute approximate surface area is 130 Å². The third-order valence-electron chi connectivity index (χ3n) is 3.11. The highest BCUT2D eigenvalue weighted by Crippen LogP contribution is 2.17. The smallest absolute Gasteiger partial charge is 0.147 e. The number of aromatic nitrogens is 3. The molecule has 1 N–H and O–H groups in total. The molecule has 0 aromatic carbocycles. The summed E-state index contributed by atoms with van der Waals surface area (Å²) in [5.41, 5.74) is 4.01. The minimum absolute atomic E-state index is 0.0842. The highest BCUT2D eigenvalue weighted by molar-refractivity contribution is 7.09. The molecule has 0 amide bonds. The summed E-state index contributed by atoms with van der Waals surface area (Å²) in [4.78, 5) is 16.6. The van der Waals surface area contributed by atoms with Crippen LogP contribution in [0.4, 0.5) is 5.82 Å². The summed E-state index contributed by atoms with van der Waals surface area (Å²) in [5.74, 6) is 0.877. The number of hydrogen-bond acceptors (Lipinski definition) is 6. The number of nitrogens with zero attached hydrogens (tertiary/aromatic N) is 4. The Kier molecular flexibility index (Phi) is 4.90. The van der Waals surface area contributed by atoms with E-state index in [9.17, 15) is 0 Å². The first-order valence-electron chi connectivity index (χ1n) is 7.01. The van der Waals surface area contributed by atoms with Crippen LogP contribution in [-0.2, 0) is 13.1 Å². The first kappa shape index (κ1) is 15.9. The molecule has 0 atom stereocenters. The zero-order chi connectivity index (χ0) is 15.5. The van der Waals surface area contributed by atoms with Crippen LogP contribution in [0, 0.1) is 6.92 Å². The summed E-state index contributed by atoms with van der Waals surface area (Å²) in [7, 11) is 2.02. The van der Waals surface area contributed by atoms with Gasteiger partial charge in [0.1, 0.15) is 5.82 Å². The van der Waals surface area contributed by atoms with E-state index in [4.69, 9.17) is 0 Å². The Bertz CT molecular complexity index is 570. The van der Waals surface area contributed by atoms with E-state index in [1.807, 2.05) is 31.9 Å². The maximum Gasteiger partial charge on any atom is 0.147 e. The molecule has 2 rings (SSSR count). The van der Waals surface area contributed by atoms with Crippen molar-refractivity contribution in [3.05, 3.63) is 34.2 Å². The SMILES string of the molecule is Cc1ncsc1CN(C)c1cnc(CNC(C)(C)C)cn1. The Balaban J connectivity index is 1.96. The molecule has 6 heteroatoms. The van der Waals surface area contributed by atoms with Gasteiger partial charge >= 0.3 is 0 Å². The molecule has 0 bridgehead atoms. The van der Waals surface area contributed by atoms with Gasteiger partial charge in [0.05, 0.1) is 35.8 Å². The third-order valence-corrected chi connectivity index (χ3v) is 4.03. The van der Waals surface area contributed by atoms with Crippen LogP contribution in [0.3, 0.4) is 0 Å². The van der Waals surface area contributed by atoms with Gasteiger partial charge in [0.2, 0.25) is 0 Å². The monoisotopic (exact) mass is 305 g/mol. The molecule has 114 valence electrons. The van der Waals surface area contributed by atoms with E-state index in [1.165, 1.54) is 4.88 Å². The molecule has 0 fully saturated rings. The number of hydrogen-bond donors (Lipinski definition) is 1. The summed E-state index contributed by atoms with van der Waals surface area (Å²) >= 11 is 1.68. The highest BCUT2D eigenvalue weighted by Gasteiger charge is 2.11. The quantitative estimate of drug-likeness (QED) is 0.920. The van der Waals surface area contributed by atoms with Gasteiger partial charge < -0.3 is 10.2 Å². The van der Waals surface area contributed by atoms with Gasteiger partial charge in [-0.3, -0.25) is 4.98 Å². The summed E-state index contributed by atoms with van der Waals surface area (Å²) in [6.07, 6.45) is 3.67. The van der Waals surface area contributed by atoms with E-state index >= 15 is 0 Å². The molecule has 0 aliphatic rings. The molecule has 0 spiro atoms. The molecule has 2 aromatic heterocycles. The number of anilines is 1. The van der Waals surface area contributed by atoms with Gasteiger partial charge in [-0.1, -0.05) is 0 Å². The van der Waals surface area contributed by atoms with Gasteiger partial charge in [-0.25, -0.2) is 9.97 Å². The van der Waals surface area contributed by atoms with Crippen molar-refractivity contribution >= 4 is 17.2 Å². The fourth-order valence-electron chi connectivity index (χ4n) is 1.77. The van der Waals surface area contributed by atoms with Crippen molar-refractivity contribution < 1.29 is 0 Å². The number of rotatable bonds is 5. The average Bonchev–Trinajstić information content (AvgIpc) is 2.82. The van der Waals surface area contributed by atoms with Crippen LogP contribution in [0.5, 0.6) is 0 Å². The van der Waals surface area contributed by atoms with Crippen molar-refractivity contribution in [3.8, 4) is 0 Å². The molecule has 21 heavy (non-hydrogen) atoms. The fraction of sp³-hybridized carbons (Fsp3) is 0.533. The largest absolute Gasteiger partial charge is 0.353 e. The standard InChI is InChI=1S/C15H23N5S/c1-11-13(21-10-18-11)9-20(5)14-8-16-12(6-17-14)7-19-15(2,3)4/h6,8,10,19H,7,9H2,1-5H3. The molecule has 0 unspecified atom stereocenters. The third kappa shape index (κ3) is 4.75. The summed E-state index contributed by atoms with van der Waals surface area (Å²) in [5, 5.41) is 3.41. The second kappa shape index (κ2) is 6.49. The molecule has 2 heterocycles. The maximum atomic E-state index is 4.50. The lowest BCUT2D eigenvalue weighted by molar-refractivity contribution is 0.421. The van der Waals surface area contributed by atoms with Crippen LogP contribution < -0.4 is 10.2 Å². The molecule has 0 aliphatic heterocycles. The predicted octanol–water partition coefficient (Wildman–Crippen LogP) is 2.77. The second-order valence-corrected chi connectivity index (χ2v) is 7.13. The van der Waals surface area contributed by atoms with Crippen molar-refractivity contribution in [2.24, 2.45) is 0 Å². The van der Waals surface area contributed by atoms with Crippen LogP contribution in [0.2, 0.25) is 0 Å². The zero-order valence-corrected chi connectivity index (χ0v) is 14.2. The van der Waals surface area contributed by atoms with E-state index in [-0.39, 0.29) is 5.54 Å². The van der Waals surface area contributed by atoms with Crippen molar-refractivity contribution in [1.82, 2.24) is 20.3 Å². The van der Waals surface area contributed by atoms with Crippen LogP contribution in [0.15, 0.2) is 17.9 Å². The minimum Gasteiger partial charge on any atom is -0.353 e. The molecule has 0 saturated carbocycles. The summed E-state index contributed by atoms with van der Waals surface area (Å²) in [6.45, 7) is 9.99. The van der Waals surface area contributed by atoms with E-state index in [0.717, 1.165) is 30.3 Å². The Morgan fingerprint density at radius 3 is 2.48 bits per heavy atom. The van der Waals surface area contributed by atoms with Crippen LogP contribution in [0.25, 0.3) is 0 Å². The molecule has 0 aliphatic carbocycles. The lowest BCUT2D eigenvalue weighted by Crippen LogP contribution is -2.35. The van der Waals surface area contributed by atoms with Crippen molar-refractivity contribution in [1.29, 1.82) is 0 Å². The predicted molar refractivity (Wildman–Crippen MR) is 87.6 cm³/mol. The normalized spacial score (nSPS) is 11.7. The molecule has 0 radical (unpaired) electrons. The Morgan fingerprint density at radius 2 is 1.95 bits per heavy atom. The van der Waals surface area contributed by atoms with Gasteiger partial charge in [-0.15, -0.1) is 11.3 Å². The van der Waals surface area contributed by atoms with Crippen LogP contribution in [0.1, 0.15) is 37.0 Å². The topological polar surface area (TPSA) is 53.9 Å². The van der Waals surface area contributed by atoms with E-state index < -0.39 is 0 Å². The van der Waals surface area contributed by atoms with Crippen LogP contribution in [-0.4, -0.2) is 27.5 Å². The van der Waals surface area contributed by atoms with Crippen molar-refractivity contribution in [2.45, 2.75) is 46.3 Å². The molecule has 2 aromatic rings. The fourth-order valence-corrected chi connectivity index (χ4v) is 2.60. The van der Waals surface area contributed by atoms with E-state index in [0.29, 0.717) is 0 Å². The lowest BCUT2D eigenvalue weighted by Gasteiger charge is -2.20. The number of aryl methyl sites for hydroxylation is 1. The molecule has 0 saturated heterocycles. The highest BCUT2D eigenvalue weighted by atomic mass is 32.1. The summed E-state index contributed by atoms with van der Waals surface area (Å²) in [6, 6.07) is 0. The Morgan fingerprint density at radius 1 is 1.19 bits per heavy atom. The average molecular weight is 305 g/mol. The first-order chi connectivity index (χ1) is 9.85. The van der Waals surface area contributed by atoms with E-state index in [2.05, 4.69) is 45.9 Å². The van der Waals surface area contributed by atoms with E-state index in [1.54, 1.807) is 11.3 Å². The zero-order valence-electron chi connectivity index (χ0n) is 13.3. The lowest BCUT2D eigenvalue weighted by atomic mass is 10.1. The maximum absolute atomic E-state index is 4.50. The molecular weight excluding hydrogens is 282 g/mol. The van der Waals surface area contributed by atoms with Crippen molar-refractivity contribution in [2.75, 3.05) is 11.9 Å². The second-order valence-electron chi connectivity index (χ2n) is 6.19. The Hall–Kier alpha value is -1.53. The molecular formula is C15H23N5S.